The Morgan fingerprint density at radius 3 is 2.76 bits per heavy atom. The van der Waals surface area contributed by atoms with Crippen LogP contribution in [0.5, 0.6) is 0 Å². The third-order valence-corrected chi connectivity index (χ3v) is 3.88. The molecule has 2 amide bonds. The van der Waals surface area contributed by atoms with Crippen molar-refractivity contribution in [1.29, 1.82) is 0 Å². The van der Waals surface area contributed by atoms with Crippen molar-refractivity contribution in [2.75, 3.05) is 18.4 Å². The highest BCUT2D eigenvalue weighted by Gasteiger charge is 2.33. The van der Waals surface area contributed by atoms with Gasteiger partial charge in [-0.25, -0.2) is 4.79 Å². The summed E-state index contributed by atoms with van der Waals surface area (Å²) < 4.78 is 1.28. The second-order valence-corrected chi connectivity index (χ2v) is 6.55. The molecule has 0 aliphatic carbocycles. The zero-order valence-electron chi connectivity index (χ0n) is 12.7. The molecule has 0 saturated carbocycles. The van der Waals surface area contributed by atoms with Gasteiger partial charge in [0.05, 0.1) is 11.9 Å². The molecule has 7 nitrogen and oxygen atoms in total. The molecule has 2 N–H and O–H groups in total. The van der Waals surface area contributed by atoms with Crippen LogP contribution < -0.4 is 5.32 Å². The van der Waals surface area contributed by atoms with Crippen molar-refractivity contribution in [1.82, 2.24) is 14.7 Å². The van der Waals surface area contributed by atoms with Crippen molar-refractivity contribution in [2.45, 2.75) is 33.7 Å². The summed E-state index contributed by atoms with van der Waals surface area (Å²) in [6, 6.07) is -0.156. The summed E-state index contributed by atoms with van der Waals surface area (Å²) in [6.45, 7) is 7.85. The second kappa shape index (κ2) is 5.75. The molecule has 1 aromatic heterocycles. The Morgan fingerprint density at radius 1 is 1.48 bits per heavy atom. The largest absolute Gasteiger partial charge is 0.480 e. The van der Waals surface area contributed by atoms with Gasteiger partial charge in [-0.1, -0.05) is 20.8 Å². The molecule has 0 radical (unpaired) electrons. The van der Waals surface area contributed by atoms with Gasteiger partial charge in [-0.2, -0.15) is 5.10 Å². The van der Waals surface area contributed by atoms with Crippen molar-refractivity contribution in [3.8, 4) is 0 Å². The summed E-state index contributed by atoms with van der Waals surface area (Å²) >= 11 is 0. The number of likely N-dealkylation sites (tertiary alicyclic amines) is 1. The molecule has 0 aromatic carbocycles. The molecular formula is C14H22N4O3. The average Bonchev–Trinajstić information content (AvgIpc) is 2.96. The van der Waals surface area contributed by atoms with Crippen LogP contribution in [0, 0.1) is 11.3 Å². The predicted octanol–water partition coefficient (Wildman–Crippen LogP) is 1.87. The lowest BCUT2D eigenvalue weighted by Gasteiger charge is -2.26. The highest BCUT2D eigenvalue weighted by atomic mass is 16.4. The number of amides is 2. The fourth-order valence-electron chi connectivity index (χ4n) is 2.51. The number of carboxylic acids is 1. The topological polar surface area (TPSA) is 87.5 Å². The standard InChI is InChI=1S/C14H22N4O3/c1-14(2,3)10-4-5-17(7-10)13(21)16-11-6-15-18(8-11)9-12(19)20/h6,8,10H,4-5,7,9H2,1-3H3,(H,16,21)(H,19,20). The van der Waals surface area contributed by atoms with Crippen molar-refractivity contribution in [2.24, 2.45) is 11.3 Å². The molecule has 0 spiro atoms. The molecule has 21 heavy (non-hydrogen) atoms. The van der Waals surface area contributed by atoms with Crippen molar-refractivity contribution in [3.63, 3.8) is 0 Å². The van der Waals surface area contributed by atoms with E-state index in [2.05, 4.69) is 31.2 Å². The van der Waals surface area contributed by atoms with E-state index in [0.29, 0.717) is 11.6 Å². The first-order valence-electron chi connectivity index (χ1n) is 7.06. The summed E-state index contributed by atoms with van der Waals surface area (Å²) in [6.07, 6.45) is 3.98. The number of urea groups is 1. The van der Waals surface area contributed by atoms with Gasteiger partial charge in [0.1, 0.15) is 6.54 Å². The number of nitrogens with one attached hydrogen (secondary N) is 1. The van der Waals surface area contributed by atoms with E-state index in [9.17, 15) is 9.59 Å². The van der Waals surface area contributed by atoms with Gasteiger partial charge < -0.3 is 15.3 Å². The zero-order chi connectivity index (χ0) is 15.6. The van der Waals surface area contributed by atoms with E-state index < -0.39 is 5.97 Å². The molecule has 1 aromatic rings. The van der Waals surface area contributed by atoms with Crippen LogP contribution in [0.3, 0.4) is 0 Å². The van der Waals surface area contributed by atoms with E-state index in [-0.39, 0.29) is 18.0 Å². The Kier molecular flexibility index (Phi) is 4.20. The summed E-state index contributed by atoms with van der Waals surface area (Å²) in [5.74, 6) is -0.471. The molecule has 1 saturated heterocycles. The van der Waals surface area contributed by atoms with Gasteiger partial charge in [0.25, 0.3) is 0 Å². The molecule has 116 valence electrons. The number of anilines is 1. The maximum atomic E-state index is 12.2. The van der Waals surface area contributed by atoms with E-state index >= 15 is 0 Å². The summed E-state index contributed by atoms with van der Waals surface area (Å²) in [5, 5.41) is 15.3. The van der Waals surface area contributed by atoms with Crippen LogP contribution in [0.15, 0.2) is 12.4 Å². The van der Waals surface area contributed by atoms with Crippen molar-refractivity contribution >= 4 is 17.7 Å². The highest BCUT2D eigenvalue weighted by Crippen LogP contribution is 2.33. The summed E-state index contributed by atoms with van der Waals surface area (Å²) in [7, 11) is 0. The van der Waals surface area contributed by atoms with E-state index in [1.807, 2.05) is 0 Å². The van der Waals surface area contributed by atoms with Crippen LogP contribution in [0.25, 0.3) is 0 Å². The molecule has 2 rings (SSSR count). The highest BCUT2D eigenvalue weighted by molar-refractivity contribution is 5.89. The van der Waals surface area contributed by atoms with Gasteiger partial charge in [-0.15, -0.1) is 0 Å². The first-order chi connectivity index (χ1) is 9.75. The minimum absolute atomic E-state index is 0.156. The molecule has 7 heteroatoms. The first kappa shape index (κ1) is 15.3. The lowest BCUT2D eigenvalue weighted by atomic mass is 9.80. The van der Waals surface area contributed by atoms with Gasteiger partial charge in [0, 0.05) is 19.3 Å². The van der Waals surface area contributed by atoms with Crippen LogP contribution in [-0.4, -0.2) is 44.9 Å². The van der Waals surface area contributed by atoms with Gasteiger partial charge in [-0.05, 0) is 17.8 Å². The van der Waals surface area contributed by atoms with E-state index in [1.165, 1.54) is 17.1 Å². The van der Waals surface area contributed by atoms with Crippen molar-refractivity contribution in [3.05, 3.63) is 12.4 Å². The van der Waals surface area contributed by atoms with Crippen molar-refractivity contribution < 1.29 is 14.7 Å². The fraction of sp³-hybridized carbons (Fsp3) is 0.643. The van der Waals surface area contributed by atoms with Gasteiger partial charge in [0.15, 0.2) is 0 Å². The predicted molar refractivity (Wildman–Crippen MR) is 78.0 cm³/mol. The Bertz CT molecular complexity index is 533. The monoisotopic (exact) mass is 294 g/mol. The number of carbonyl (C=O) groups excluding carboxylic acids is 1. The fourth-order valence-corrected chi connectivity index (χ4v) is 2.51. The summed E-state index contributed by atoms with van der Waals surface area (Å²) in [5.41, 5.74) is 0.710. The number of aliphatic carboxylic acids is 1. The SMILES string of the molecule is CC(C)(C)C1CCN(C(=O)Nc2cnn(CC(=O)O)c2)C1. The molecule has 2 heterocycles. The number of aromatic nitrogens is 2. The van der Waals surface area contributed by atoms with E-state index in [1.54, 1.807) is 4.90 Å². The maximum absolute atomic E-state index is 12.2. The minimum Gasteiger partial charge on any atom is -0.480 e. The maximum Gasteiger partial charge on any atom is 0.325 e. The number of carboxylic acid groups (broad SMARTS) is 1. The van der Waals surface area contributed by atoms with E-state index in [0.717, 1.165) is 19.5 Å². The van der Waals surface area contributed by atoms with Crippen LogP contribution in [0.4, 0.5) is 10.5 Å². The Hall–Kier alpha value is -2.05. The molecule has 1 unspecified atom stereocenters. The number of carbonyl (C=O) groups is 2. The number of nitrogens with zero attached hydrogens (tertiary/aromatic N) is 3. The Balaban J connectivity index is 1.90. The normalized spacial score (nSPS) is 18.8. The lowest BCUT2D eigenvalue weighted by Crippen LogP contribution is -2.34. The molecule has 1 aliphatic heterocycles. The molecule has 0 bridgehead atoms. The smallest absolute Gasteiger partial charge is 0.325 e. The summed E-state index contributed by atoms with van der Waals surface area (Å²) in [4.78, 5) is 24.6. The van der Waals surface area contributed by atoms with Crippen LogP contribution in [0.2, 0.25) is 0 Å². The quantitative estimate of drug-likeness (QED) is 0.891. The third kappa shape index (κ3) is 3.96. The molecule has 1 atom stereocenters. The second-order valence-electron chi connectivity index (χ2n) is 6.55. The third-order valence-electron chi connectivity index (χ3n) is 3.88. The van der Waals surface area contributed by atoms with E-state index in [4.69, 9.17) is 5.11 Å². The molecule has 1 aliphatic rings. The van der Waals surface area contributed by atoms with Gasteiger partial charge >= 0.3 is 12.0 Å². The number of hydrogen-bond donors (Lipinski definition) is 2. The minimum atomic E-state index is -0.969. The first-order valence-corrected chi connectivity index (χ1v) is 7.06. The molecule has 1 fully saturated rings. The number of rotatable bonds is 3. The van der Waals surface area contributed by atoms with Gasteiger partial charge in [0.2, 0.25) is 0 Å². The van der Waals surface area contributed by atoms with Crippen LogP contribution in [-0.2, 0) is 11.3 Å². The average molecular weight is 294 g/mol. The Morgan fingerprint density at radius 2 is 2.19 bits per heavy atom. The van der Waals surface area contributed by atoms with Crippen LogP contribution in [0.1, 0.15) is 27.2 Å². The number of hydrogen-bond acceptors (Lipinski definition) is 3. The zero-order valence-corrected chi connectivity index (χ0v) is 12.7. The lowest BCUT2D eigenvalue weighted by molar-refractivity contribution is -0.137. The Labute approximate surface area is 123 Å². The van der Waals surface area contributed by atoms with Gasteiger partial charge in [-0.3, -0.25) is 9.48 Å². The van der Waals surface area contributed by atoms with Crippen LogP contribution >= 0.6 is 0 Å². The molecular weight excluding hydrogens is 272 g/mol.